The van der Waals surface area contributed by atoms with Gasteiger partial charge in [0.05, 0.1) is 11.9 Å². The summed E-state index contributed by atoms with van der Waals surface area (Å²) in [4.78, 5) is 34.0. The van der Waals surface area contributed by atoms with Crippen molar-refractivity contribution >= 4 is 40.0 Å². The molecule has 1 aliphatic heterocycles. The van der Waals surface area contributed by atoms with Crippen LogP contribution in [-0.2, 0) is 4.79 Å². The molecule has 0 unspecified atom stereocenters. The molecule has 0 spiro atoms. The van der Waals surface area contributed by atoms with Crippen molar-refractivity contribution in [3.8, 4) is 0 Å². The quantitative estimate of drug-likeness (QED) is 0.639. The first-order valence-corrected chi connectivity index (χ1v) is 9.28. The Morgan fingerprint density at radius 3 is 2.96 bits per heavy atom. The van der Waals surface area contributed by atoms with Gasteiger partial charge in [-0.05, 0) is 43.4 Å². The molecule has 10 heteroatoms. The number of carbonyl (C=O) groups excluding carboxylic acids is 2. The van der Waals surface area contributed by atoms with Gasteiger partial charge < -0.3 is 21.3 Å². The average Bonchev–Trinajstić information content (AvgIpc) is 3.06. The van der Waals surface area contributed by atoms with Crippen molar-refractivity contribution in [3.05, 3.63) is 36.3 Å². The molecule has 0 saturated carbocycles. The van der Waals surface area contributed by atoms with Gasteiger partial charge in [0.2, 0.25) is 5.91 Å². The lowest BCUT2D eigenvalue weighted by Gasteiger charge is -2.33. The van der Waals surface area contributed by atoms with Crippen LogP contribution in [0, 0.1) is 6.92 Å². The number of nitrogens with two attached hydrogens (primary N) is 1. The molecule has 1 aliphatic rings. The van der Waals surface area contributed by atoms with E-state index < -0.39 is 5.91 Å². The van der Waals surface area contributed by atoms with Crippen molar-refractivity contribution in [1.82, 2.24) is 19.7 Å². The number of piperidine rings is 1. The van der Waals surface area contributed by atoms with Crippen molar-refractivity contribution in [2.75, 3.05) is 23.3 Å². The van der Waals surface area contributed by atoms with Crippen molar-refractivity contribution in [2.24, 2.45) is 5.73 Å². The Labute approximate surface area is 160 Å². The first kappa shape index (κ1) is 18.8. The molecular formula is C17H21N7O2S. The lowest BCUT2D eigenvalue weighted by atomic mass is 10.1. The van der Waals surface area contributed by atoms with E-state index in [0.29, 0.717) is 18.2 Å². The molecule has 9 nitrogen and oxygen atoms in total. The minimum atomic E-state index is -0.660. The number of aromatic nitrogens is 3. The summed E-state index contributed by atoms with van der Waals surface area (Å²) in [6, 6.07) is 1.85. The van der Waals surface area contributed by atoms with E-state index in [1.54, 1.807) is 0 Å². The van der Waals surface area contributed by atoms with Crippen LogP contribution in [-0.4, -0.2) is 45.3 Å². The number of nitrogens with zero attached hydrogens (tertiary/aromatic N) is 4. The number of primary amides is 1. The number of anilines is 3. The second-order valence-corrected chi connectivity index (χ2v) is 7.05. The Morgan fingerprint density at radius 2 is 2.30 bits per heavy atom. The van der Waals surface area contributed by atoms with Crippen LogP contribution in [0.15, 0.2) is 24.9 Å². The van der Waals surface area contributed by atoms with Crippen LogP contribution in [0.5, 0.6) is 0 Å². The first-order valence-electron chi connectivity index (χ1n) is 8.51. The maximum Gasteiger partial charge on any atom is 0.271 e. The third kappa shape index (κ3) is 4.59. The lowest BCUT2D eigenvalue weighted by Crippen LogP contribution is -2.47. The fourth-order valence-corrected chi connectivity index (χ4v) is 3.56. The summed E-state index contributed by atoms with van der Waals surface area (Å²) in [5.74, 6) is 0.0506. The highest BCUT2D eigenvalue weighted by atomic mass is 32.1. The molecule has 1 atom stereocenters. The van der Waals surface area contributed by atoms with Gasteiger partial charge in [-0.15, -0.1) is 0 Å². The van der Waals surface area contributed by atoms with Gasteiger partial charge in [-0.2, -0.15) is 4.37 Å². The largest absolute Gasteiger partial charge is 0.364 e. The number of hydrogen-bond donors (Lipinski definition) is 3. The first-order chi connectivity index (χ1) is 13.0. The molecule has 3 rings (SSSR count). The summed E-state index contributed by atoms with van der Waals surface area (Å²) >= 11 is 1.26. The summed E-state index contributed by atoms with van der Waals surface area (Å²) < 4.78 is 4.20. The van der Waals surface area contributed by atoms with E-state index in [1.807, 2.05) is 17.9 Å². The van der Waals surface area contributed by atoms with Gasteiger partial charge in [-0.25, -0.2) is 9.97 Å². The van der Waals surface area contributed by atoms with Gasteiger partial charge >= 0.3 is 0 Å². The number of nitrogens with one attached hydrogen (secondary N) is 2. The Bertz CT molecular complexity index is 867. The van der Waals surface area contributed by atoms with Crippen LogP contribution in [0.25, 0.3) is 0 Å². The lowest BCUT2D eigenvalue weighted by molar-refractivity contribution is -0.117. The standard InChI is InChI=1S/C17H21N7O2S/c1-3-13(25)20-11-5-4-6-24(9-11)12-8-19-15(16(18)26)17(21-12)22-14-7-10(2)23-27-14/h3,7-8,11H,1,4-6,9H2,2H3,(H2,18,26)(H,20,25)(H,21,22)/t11-/m1/s1. The van der Waals surface area contributed by atoms with E-state index in [2.05, 4.69) is 31.6 Å². The predicted molar refractivity (Wildman–Crippen MR) is 104 cm³/mol. The van der Waals surface area contributed by atoms with Crippen LogP contribution in [0.3, 0.4) is 0 Å². The smallest absolute Gasteiger partial charge is 0.271 e. The summed E-state index contributed by atoms with van der Waals surface area (Å²) in [5.41, 5.74) is 6.36. The van der Waals surface area contributed by atoms with E-state index in [0.717, 1.165) is 30.1 Å². The highest BCUT2D eigenvalue weighted by Crippen LogP contribution is 2.25. The maximum atomic E-state index is 11.7. The summed E-state index contributed by atoms with van der Waals surface area (Å²) in [6.45, 7) is 6.74. The highest BCUT2D eigenvalue weighted by molar-refractivity contribution is 7.10. The molecule has 27 heavy (non-hydrogen) atoms. The number of carbonyl (C=O) groups is 2. The van der Waals surface area contributed by atoms with Crippen molar-refractivity contribution < 1.29 is 9.59 Å². The number of amides is 2. The molecule has 1 fully saturated rings. The zero-order chi connectivity index (χ0) is 19.4. The molecule has 2 aromatic heterocycles. The fraction of sp³-hybridized carbons (Fsp3) is 0.353. The summed E-state index contributed by atoms with van der Waals surface area (Å²) in [7, 11) is 0. The van der Waals surface area contributed by atoms with Gasteiger partial charge in [0.25, 0.3) is 5.91 Å². The monoisotopic (exact) mass is 387 g/mol. The molecule has 0 bridgehead atoms. The highest BCUT2D eigenvalue weighted by Gasteiger charge is 2.23. The van der Waals surface area contributed by atoms with E-state index in [1.165, 1.54) is 23.8 Å². The fourth-order valence-electron chi connectivity index (χ4n) is 2.90. The SMILES string of the molecule is C=CC(=O)N[C@@H]1CCCN(c2cnc(C(N)=O)c(Nc3cc(C)ns3)n2)C1. The maximum absolute atomic E-state index is 11.7. The van der Waals surface area contributed by atoms with Gasteiger partial charge in [-0.3, -0.25) is 9.59 Å². The van der Waals surface area contributed by atoms with Crippen molar-refractivity contribution in [2.45, 2.75) is 25.8 Å². The van der Waals surface area contributed by atoms with Crippen LogP contribution in [0.4, 0.5) is 16.6 Å². The zero-order valence-electron chi connectivity index (χ0n) is 14.9. The molecule has 0 aliphatic carbocycles. The Morgan fingerprint density at radius 1 is 1.48 bits per heavy atom. The minimum absolute atomic E-state index is 0.00224. The Hall–Kier alpha value is -3.01. The topological polar surface area (TPSA) is 126 Å². The molecule has 1 saturated heterocycles. The summed E-state index contributed by atoms with van der Waals surface area (Å²) in [6.07, 6.45) is 4.58. The summed E-state index contributed by atoms with van der Waals surface area (Å²) in [5, 5.41) is 6.74. The van der Waals surface area contributed by atoms with Gasteiger partial charge in [0.15, 0.2) is 11.5 Å². The molecule has 4 N–H and O–H groups in total. The third-order valence-corrected chi connectivity index (χ3v) is 4.94. The molecule has 3 heterocycles. The van der Waals surface area contributed by atoms with Crippen LogP contribution < -0.4 is 21.3 Å². The number of rotatable bonds is 6. The van der Waals surface area contributed by atoms with Gasteiger partial charge in [0, 0.05) is 19.1 Å². The van der Waals surface area contributed by atoms with Crippen LogP contribution >= 0.6 is 11.5 Å². The van der Waals surface area contributed by atoms with Gasteiger partial charge in [0.1, 0.15) is 10.8 Å². The van der Waals surface area contributed by atoms with E-state index in [-0.39, 0.29) is 17.6 Å². The Balaban J connectivity index is 1.82. The van der Waals surface area contributed by atoms with E-state index in [4.69, 9.17) is 5.73 Å². The minimum Gasteiger partial charge on any atom is -0.364 e. The predicted octanol–water partition coefficient (Wildman–Crippen LogP) is 1.36. The van der Waals surface area contributed by atoms with E-state index in [9.17, 15) is 9.59 Å². The van der Waals surface area contributed by atoms with Crippen LogP contribution in [0.2, 0.25) is 0 Å². The van der Waals surface area contributed by atoms with Gasteiger partial charge in [-0.1, -0.05) is 6.58 Å². The second kappa shape index (κ2) is 8.12. The normalized spacial score (nSPS) is 16.6. The van der Waals surface area contributed by atoms with Crippen molar-refractivity contribution in [1.29, 1.82) is 0 Å². The van der Waals surface area contributed by atoms with Crippen molar-refractivity contribution in [3.63, 3.8) is 0 Å². The second-order valence-electron chi connectivity index (χ2n) is 6.25. The van der Waals surface area contributed by atoms with E-state index >= 15 is 0 Å². The number of aryl methyl sites for hydroxylation is 1. The molecule has 2 amide bonds. The molecule has 2 aromatic rings. The molecule has 0 aromatic carbocycles. The third-order valence-electron chi connectivity index (χ3n) is 4.14. The van der Waals surface area contributed by atoms with Crippen LogP contribution in [0.1, 0.15) is 29.0 Å². The molecular weight excluding hydrogens is 366 g/mol. The number of hydrogen-bond acceptors (Lipinski definition) is 8. The zero-order valence-corrected chi connectivity index (χ0v) is 15.8. The molecule has 142 valence electrons. The molecule has 0 radical (unpaired) electrons. The Kier molecular flexibility index (Phi) is 5.65. The average molecular weight is 387 g/mol.